The summed E-state index contributed by atoms with van der Waals surface area (Å²) < 4.78 is 0. The molecule has 0 bridgehead atoms. The second-order valence-corrected chi connectivity index (χ2v) is 2.63. The summed E-state index contributed by atoms with van der Waals surface area (Å²) in [6.45, 7) is 5.47. The standard InChI is InChI=1S/C11H16O/c1-4-5-6-7-8-9-10(2)11(3)12/h5-9H,4H2,1-3H3/b6-5+,8-7+,10-9+. The van der Waals surface area contributed by atoms with Gasteiger partial charge in [0, 0.05) is 0 Å². The third kappa shape index (κ3) is 5.66. The van der Waals surface area contributed by atoms with Crippen LogP contribution in [0.5, 0.6) is 0 Å². The summed E-state index contributed by atoms with van der Waals surface area (Å²) in [6.07, 6.45) is 10.7. The highest BCUT2D eigenvalue weighted by molar-refractivity contribution is 5.92. The molecule has 1 nitrogen and oxygen atoms in total. The first kappa shape index (κ1) is 10.9. The molecule has 12 heavy (non-hydrogen) atoms. The second-order valence-electron chi connectivity index (χ2n) is 2.63. The summed E-state index contributed by atoms with van der Waals surface area (Å²) in [4.78, 5) is 10.7. The minimum absolute atomic E-state index is 0.124. The normalized spacial score (nSPS) is 13.1. The van der Waals surface area contributed by atoms with Crippen LogP contribution < -0.4 is 0 Å². The van der Waals surface area contributed by atoms with E-state index < -0.39 is 0 Å². The van der Waals surface area contributed by atoms with Crippen molar-refractivity contribution in [1.29, 1.82) is 0 Å². The zero-order valence-electron chi connectivity index (χ0n) is 8.00. The van der Waals surface area contributed by atoms with Crippen molar-refractivity contribution in [3.05, 3.63) is 36.0 Å². The van der Waals surface area contributed by atoms with Gasteiger partial charge in [0.25, 0.3) is 0 Å². The number of hydrogen-bond acceptors (Lipinski definition) is 1. The lowest BCUT2D eigenvalue weighted by atomic mass is 10.2. The van der Waals surface area contributed by atoms with Gasteiger partial charge in [-0.2, -0.15) is 0 Å². The maximum atomic E-state index is 10.7. The SMILES string of the molecule is CC/C=C/C=C/C=C(\C)C(C)=O. The van der Waals surface area contributed by atoms with E-state index in [1.54, 1.807) is 6.92 Å². The minimum atomic E-state index is 0.124. The van der Waals surface area contributed by atoms with Gasteiger partial charge in [-0.1, -0.05) is 37.3 Å². The summed E-state index contributed by atoms with van der Waals surface area (Å²) in [5.74, 6) is 0.124. The first-order valence-electron chi connectivity index (χ1n) is 4.19. The fourth-order valence-electron chi connectivity index (χ4n) is 0.596. The molecule has 0 aliphatic carbocycles. The molecule has 0 rings (SSSR count). The van der Waals surface area contributed by atoms with Crippen molar-refractivity contribution in [2.75, 3.05) is 0 Å². The van der Waals surface area contributed by atoms with Crippen LogP contribution in [0.4, 0.5) is 0 Å². The highest BCUT2D eigenvalue weighted by Crippen LogP contribution is 1.94. The predicted molar refractivity (Wildman–Crippen MR) is 53.0 cm³/mol. The monoisotopic (exact) mass is 164 g/mol. The van der Waals surface area contributed by atoms with Gasteiger partial charge in [0.15, 0.2) is 5.78 Å². The molecule has 0 amide bonds. The average molecular weight is 164 g/mol. The summed E-state index contributed by atoms with van der Waals surface area (Å²) in [5, 5.41) is 0. The van der Waals surface area contributed by atoms with Crippen molar-refractivity contribution in [2.24, 2.45) is 0 Å². The molecule has 0 radical (unpaired) electrons. The molecule has 66 valence electrons. The van der Waals surface area contributed by atoms with Crippen molar-refractivity contribution >= 4 is 5.78 Å². The van der Waals surface area contributed by atoms with E-state index in [4.69, 9.17) is 0 Å². The van der Waals surface area contributed by atoms with Gasteiger partial charge in [-0.15, -0.1) is 0 Å². The molecular weight excluding hydrogens is 148 g/mol. The number of carbonyl (C=O) groups excluding carboxylic acids is 1. The number of ketones is 1. The van der Waals surface area contributed by atoms with Crippen LogP contribution in [-0.2, 0) is 4.79 Å². The van der Waals surface area contributed by atoms with E-state index in [9.17, 15) is 4.79 Å². The van der Waals surface area contributed by atoms with Crippen LogP contribution in [0.2, 0.25) is 0 Å². The molecule has 0 unspecified atom stereocenters. The topological polar surface area (TPSA) is 17.1 Å². The molecule has 0 aromatic heterocycles. The summed E-state index contributed by atoms with van der Waals surface area (Å²) in [6, 6.07) is 0. The zero-order valence-corrected chi connectivity index (χ0v) is 8.00. The highest BCUT2D eigenvalue weighted by Gasteiger charge is 1.90. The second kappa shape index (κ2) is 6.59. The molecule has 0 N–H and O–H groups in total. The maximum Gasteiger partial charge on any atom is 0.155 e. The molecule has 0 aliphatic rings. The average Bonchev–Trinajstić information content (AvgIpc) is 2.03. The molecule has 0 fully saturated rings. The van der Waals surface area contributed by atoms with E-state index in [1.807, 2.05) is 31.2 Å². The minimum Gasteiger partial charge on any atom is -0.295 e. The van der Waals surface area contributed by atoms with Gasteiger partial charge in [0.1, 0.15) is 0 Å². The van der Waals surface area contributed by atoms with E-state index in [0.717, 1.165) is 12.0 Å². The van der Waals surface area contributed by atoms with Crippen molar-refractivity contribution in [3.8, 4) is 0 Å². The smallest absolute Gasteiger partial charge is 0.155 e. The first-order chi connectivity index (χ1) is 5.68. The predicted octanol–water partition coefficient (Wildman–Crippen LogP) is 3.04. The van der Waals surface area contributed by atoms with Gasteiger partial charge in [0.05, 0.1) is 0 Å². The van der Waals surface area contributed by atoms with Crippen LogP contribution in [-0.4, -0.2) is 5.78 Å². The molecule has 1 heteroatoms. The number of carbonyl (C=O) groups is 1. The zero-order chi connectivity index (χ0) is 9.40. The largest absolute Gasteiger partial charge is 0.295 e. The molecule has 0 saturated carbocycles. The van der Waals surface area contributed by atoms with Gasteiger partial charge in [-0.05, 0) is 25.8 Å². The number of rotatable bonds is 4. The van der Waals surface area contributed by atoms with E-state index in [1.165, 1.54) is 0 Å². The van der Waals surface area contributed by atoms with E-state index in [2.05, 4.69) is 13.0 Å². The van der Waals surface area contributed by atoms with Gasteiger partial charge >= 0.3 is 0 Å². The third-order valence-corrected chi connectivity index (χ3v) is 1.50. The quantitative estimate of drug-likeness (QED) is 0.461. The Morgan fingerprint density at radius 3 is 2.33 bits per heavy atom. The highest BCUT2D eigenvalue weighted by atomic mass is 16.1. The van der Waals surface area contributed by atoms with Crippen molar-refractivity contribution in [1.82, 2.24) is 0 Å². The third-order valence-electron chi connectivity index (χ3n) is 1.50. The fourth-order valence-corrected chi connectivity index (χ4v) is 0.596. The van der Waals surface area contributed by atoms with Crippen molar-refractivity contribution in [2.45, 2.75) is 27.2 Å². The van der Waals surface area contributed by atoms with Gasteiger partial charge in [-0.3, -0.25) is 4.79 Å². The lowest BCUT2D eigenvalue weighted by molar-refractivity contribution is -0.113. The van der Waals surface area contributed by atoms with Crippen molar-refractivity contribution < 1.29 is 4.79 Å². The molecule has 0 saturated heterocycles. The number of Topliss-reactive ketones (excluding diaryl/α,β-unsaturated/α-hetero) is 1. The Kier molecular flexibility index (Phi) is 5.98. The Hall–Kier alpha value is -1.11. The summed E-state index contributed by atoms with van der Waals surface area (Å²) >= 11 is 0. The number of allylic oxidation sites excluding steroid dienone is 6. The van der Waals surface area contributed by atoms with E-state index >= 15 is 0 Å². The number of hydrogen-bond donors (Lipinski definition) is 0. The van der Waals surface area contributed by atoms with E-state index in [0.29, 0.717) is 0 Å². The van der Waals surface area contributed by atoms with Gasteiger partial charge < -0.3 is 0 Å². The maximum absolute atomic E-state index is 10.7. The van der Waals surface area contributed by atoms with Crippen LogP contribution in [0.25, 0.3) is 0 Å². The van der Waals surface area contributed by atoms with E-state index in [-0.39, 0.29) is 5.78 Å². The first-order valence-corrected chi connectivity index (χ1v) is 4.19. The summed E-state index contributed by atoms with van der Waals surface area (Å²) in [7, 11) is 0. The van der Waals surface area contributed by atoms with Crippen LogP contribution in [0.3, 0.4) is 0 Å². The summed E-state index contributed by atoms with van der Waals surface area (Å²) in [5.41, 5.74) is 0.788. The lowest BCUT2D eigenvalue weighted by Gasteiger charge is -1.87. The van der Waals surface area contributed by atoms with Crippen LogP contribution in [0, 0.1) is 0 Å². The molecule has 0 aliphatic heterocycles. The van der Waals surface area contributed by atoms with Crippen LogP contribution in [0.1, 0.15) is 27.2 Å². The van der Waals surface area contributed by atoms with Gasteiger partial charge in [-0.25, -0.2) is 0 Å². The lowest BCUT2D eigenvalue weighted by Crippen LogP contribution is -1.89. The Morgan fingerprint density at radius 2 is 1.83 bits per heavy atom. The van der Waals surface area contributed by atoms with Crippen LogP contribution >= 0.6 is 0 Å². The molecular formula is C11H16O. The van der Waals surface area contributed by atoms with Crippen LogP contribution in [0.15, 0.2) is 36.0 Å². The Bertz CT molecular complexity index is 219. The molecule has 0 heterocycles. The fraction of sp³-hybridized carbons (Fsp3) is 0.364. The Balaban J connectivity index is 3.95. The van der Waals surface area contributed by atoms with Crippen molar-refractivity contribution in [3.63, 3.8) is 0 Å². The Morgan fingerprint density at radius 1 is 1.17 bits per heavy atom. The van der Waals surface area contributed by atoms with Gasteiger partial charge in [0.2, 0.25) is 0 Å². The molecule has 0 spiro atoms. The molecule has 0 aromatic rings. The molecule has 0 atom stereocenters. The Labute approximate surface area is 74.5 Å². The molecule has 0 aromatic carbocycles.